The Balaban J connectivity index is 1.92. The van der Waals surface area contributed by atoms with E-state index in [4.69, 9.17) is 9.47 Å². The zero-order chi connectivity index (χ0) is 28.4. The fourth-order valence-corrected chi connectivity index (χ4v) is 4.97. The van der Waals surface area contributed by atoms with Gasteiger partial charge < -0.3 is 24.8 Å². The summed E-state index contributed by atoms with van der Waals surface area (Å²) in [6.07, 6.45) is 6.87. The molecule has 10 heteroatoms. The Labute approximate surface area is 230 Å². The number of hydrogen-bond donors (Lipinski definition) is 2. The van der Waals surface area contributed by atoms with Gasteiger partial charge in [0.15, 0.2) is 5.69 Å². The van der Waals surface area contributed by atoms with E-state index in [2.05, 4.69) is 34.3 Å². The van der Waals surface area contributed by atoms with E-state index in [0.29, 0.717) is 47.6 Å². The predicted octanol–water partition coefficient (Wildman–Crippen LogP) is 3.97. The van der Waals surface area contributed by atoms with Crippen LogP contribution in [0.25, 0.3) is 11.3 Å². The maximum Gasteiger partial charge on any atom is 0.325 e. The first-order valence-corrected chi connectivity index (χ1v) is 13.8. The number of ether oxygens (including phenoxy) is 3. The van der Waals surface area contributed by atoms with E-state index < -0.39 is 23.8 Å². The Hall–Kier alpha value is -3.56. The monoisotopic (exact) mass is 542 g/mol. The molecule has 1 unspecified atom stereocenters. The van der Waals surface area contributed by atoms with Crippen molar-refractivity contribution in [2.45, 2.75) is 71.4 Å². The van der Waals surface area contributed by atoms with Crippen molar-refractivity contribution < 1.29 is 28.6 Å². The zero-order valence-electron chi connectivity index (χ0n) is 23.7. The third-order valence-electron chi connectivity index (χ3n) is 7.43. The number of amides is 2. The highest BCUT2D eigenvalue weighted by molar-refractivity contribution is 5.97. The Kier molecular flexibility index (Phi) is 11.2. The van der Waals surface area contributed by atoms with Gasteiger partial charge in [-0.3, -0.25) is 19.1 Å². The lowest BCUT2D eigenvalue weighted by Crippen LogP contribution is -2.49. The summed E-state index contributed by atoms with van der Waals surface area (Å²) in [5.41, 5.74) is 1.58. The van der Waals surface area contributed by atoms with E-state index in [0.717, 1.165) is 32.1 Å². The molecule has 1 fully saturated rings. The highest BCUT2D eigenvalue weighted by Crippen LogP contribution is 2.39. The standard InChI is InChI=1S/C29H42N4O6/c1-6-19(2)18-33-23(27-24(37-3)13-10-14-25(27)38-4)16-22(32-33)29(36)31-21(15-20-11-8-7-9-12-20)28(35)30-17-26(34)39-5/h10,13-14,16,19-21H,6-9,11-12,15,17-18H2,1-5H3,(H,30,35)(H,31,36)/t19?,21-/m0/s1. The summed E-state index contributed by atoms with van der Waals surface area (Å²) in [4.78, 5) is 38.2. The van der Waals surface area contributed by atoms with Crippen LogP contribution in [0.5, 0.6) is 11.5 Å². The average Bonchev–Trinajstić information content (AvgIpc) is 3.38. The van der Waals surface area contributed by atoms with Crippen molar-refractivity contribution in [2.24, 2.45) is 11.8 Å². The molecule has 1 aliphatic carbocycles. The van der Waals surface area contributed by atoms with Crippen LogP contribution in [0.2, 0.25) is 0 Å². The van der Waals surface area contributed by atoms with E-state index >= 15 is 0 Å². The molecule has 10 nitrogen and oxygen atoms in total. The van der Waals surface area contributed by atoms with Crippen LogP contribution in [-0.4, -0.2) is 61.5 Å². The predicted molar refractivity (Wildman–Crippen MR) is 148 cm³/mol. The molecule has 0 aliphatic heterocycles. The number of benzene rings is 1. The molecule has 0 saturated heterocycles. The Bertz CT molecular complexity index is 1100. The molecule has 0 bridgehead atoms. The number of nitrogens with zero attached hydrogens (tertiary/aromatic N) is 2. The largest absolute Gasteiger partial charge is 0.496 e. The van der Waals surface area contributed by atoms with Gasteiger partial charge in [-0.25, -0.2) is 0 Å². The minimum Gasteiger partial charge on any atom is -0.496 e. The molecular weight excluding hydrogens is 500 g/mol. The molecular formula is C29H42N4O6. The van der Waals surface area contributed by atoms with Crippen LogP contribution < -0.4 is 20.1 Å². The maximum atomic E-state index is 13.5. The maximum absolute atomic E-state index is 13.5. The van der Waals surface area contributed by atoms with Gasteiger partial charge in [-0.2, -0.15) is 5.10 Å². The summed E-state index contributed by atoms with van der Waals surface area (Å²) < 4.78 is 17.7. The van der Waals surface area contributed by atoms with Gasteiger partial charge in [0.25, 0.3) is 5.91 Å². The summed E-state index contributed by atoms with van der Waals surface area (Å²) in [5.74, 6) is 0.415. The summed E-state index contributed by atoms with van der Waals surface area (Å²) in [6, 6.07) is 6.43. The van der Waals surface area contributed by atoms with Gasteiger partial charge in [0, 0.05) is 6.54 Å². The van der Waals surface area contributed by atoms with Crippen LogP contribution in [-0.2, 0) is 20.9 Å². The molecule has 2 N–H and O–H groups in total. The molecule has 1 aliphatic rings. The zero-order valence-corrected chi connectivity index (χ0v) is 23.7. The Morgan fingerprint density at radius 2 is 1.74 bits per heavy atom. The highest BCUT2D eigenvalue weighted by Gasteiger charge is 2.29. The number of carbonyl (C=O) groups excluding carboxylic acids is 3. The second-order valence-electron chi connectivity index (χ2n) is 10.2. The quantitative estimate of drug-likeness (QED) is 0.368. The van der Waals surface area contributed by atoms with Gasteiger partial charge in [0.1, 0.15) is 24.1 Å². The molecule has 1 aromatic carbocycles. The third kappa shape index (κ3) is 7.97. The topological polar surface area (TPSA) is 121 Å². The fourth-order valence-electron chi connectivity index (χ4n) is 4.97. The lowest BCUT2D eigenvalue weighted by molar-refractivity contribution is -0.141. The van der Waals surface area contributed by atoms with E-state index in [1.54, 1.807) is 25.0 Å². The van der Waals surface area contributed by atoms with Crippen LogP contribution in [0.1, 0.15) is 69.3 Å². The minimum absolute atomic E-state index is 0.190. The van der Waals surface area contributed by atoms with Crippen molar-refractivity contribution in [1.29, 1.82) is 0 Å². The minimum atomic E-state index is -0.797. The van der Waals surface area contributed by atoms with E-state index in [-0.39, 0.29) is 12.2 Å². The number of aromatic nitrogens is 2. The molecule has 3 rings (SSSR count). The lowest BCUT2D eigenvalue weighted by atomic mass is 9.84. The fraction of sp³-hybridized carbons (Fsp3) is 0.586. The van der Waals surface area contributed by atoms with E-state index in [1.807, 2.05) is 18.2 Å². The highest BCUT2D eigenvalue weighted by atomic mass is 16.5. The lowest BCUT2D eigenvalue weighted by Gasteiger charge is -2.26. The van der Waals surface area contributed by atoms with Crippen LogP contribution in [0.15, 0.2) is 24.3 Å². The molecule has 39 heavy (non-hydrogen) atoms. The number of carbonyl (C=O) groups is 3. The van der Waals surface area contributed by atoms with Crippen molar-refractivity contribution in [3.05, 3.63) is 30.0 Å². The van der Waals surface area contributed by atoms with Crippen molar-refractivity contribution in [3.8, 4) is 22.8 Å². The summed E-state index contributed by atoms with van der Waals surface area (Å²) in [5, 5.41) is 10.2. The molecule has 0 spiro atoms. The van der Waals surface area contributed by atoms with Gasteiger partial charge >= 0.3 is 5.97 Å². The summed E-state index contributed by atoms with van der Waals surface area (Å²) in [6.45, 7) is 4.56. The van der Waals surface area contributed by atoms with Crippen LogP contribution in [0, 0.1) is 11.8 Å². The van der Waals surface area contributed by atoms with Gasteiger partial charge in [0.2, 0.25) is 5.91 Å². The number of esters is 1. The second kappa shape index (κ2) is 14.6. The third-order valence-corrected chi connectivity index (χ3v) is 7.43. The number of rotatable bonds is 13. The second-order valence-corrected chi connectivity index (χ2v) is 10.2. The number of nitrogens with one attached hydrogen (secondary N) is 2. The van der Waals surface area contributed by atoms with Gasteiger partial charge in [-0.05, 0) is 36.5 Å². The first-order chi connectivity index (χ1) is 18.8. The smallest absolute Gasteiger partial charge is 0.325 e. The molecule has 2 aromatic rings. The number of methoxy groups -OCH3 is 3. The molecule has 1 aromatic heterocycles. The van der Waals surface area contributed by atoms with Crippen LogP contribution in [0.4, 0.5) is 0 Å². The van der Waals surface area contributed by atoms with Crippen molar-refractivity contribution in [3.63, 3.8) is 0 Å². The SMILES string of the molecule is CCC(C)Cn1nc(C(=O)N[C@@H](CC2CCCCC2)C(=O)NCC(=O)OC)cc1-c1c(OC)cccc1OC. The van der Waals surface area contributed by atoms with Crippen molar-refractivity contribution in [2.75, 3.05) is 27.9 Å². The molecule has 214 valence electrons. The first-order valence-electron chi connectivity index (χ1n) is 13.8. The van der Waals surface area contributed by atoms with E-state index in [1.165, 1.54) is 13.5 Å². The van der Waals surface area contributed by atoms with Crippen molar-refractivity contribution >= 4 is 17.8 Å². The average molecular weight is 543 g/mol. The Morgan fingerprint density at radius 1 is 1.08 bits per heavy atom. The summed E-state index contributed by atoms with van der Waals surface area (Å²) >= 11 is 0. The molecule has 2 atom stereocenters. The molecule has 1 saturated carbocycles. The van der Waals surface area contributed by atoms with Gasteiger partial charge in [-0.15, -0.1) is 0 Å². The normalized spacial score (nSPS) is 15.2. The summed E-state index contributed by atoms with van der Waals surface area (Å²) in [7, 11) is 4.44. The Morgan fingerprint density at radius 3 is 2.33 bits per heavy atom. The number of hydrogen-bond acceptors (Lipinski definition) is 7. The van der Waals surface area contributed by atoms with Gasteiger partial charge in [-0.1, -0.05) is 58.4 Å². The van der Waals surface area contributed by atoms with Crippen LogP contribution >= 0.6 is 0 Å². The molecule has 2 amide bonds. The van der Waals surface area contributed by atoms with Gasteiger partial charge in [0.05, 0.1) is 32.6 Å². The van der Waals surface area contributed by atoms with E-state index in [9.17, 15) is 14.4 Å². The van der Waals surface area contributed by atoms with Crippen LogP contribution in [0.3, 0.4) is 0 Å². The molecule has 1 heterocycles. The molecule has 0 radical (unpaired) electrons. The van der Waals surface area contributed by atoms with Crippen molar-refractivity contribution in [1.82, 2.24) is 20.4 Å². The first kappa shape index (κ1) is 30.0.